The standard InChI is InChI=1S/C21H24Cl2N7OP/c22-15-7-12(8-16(23)18(15)32)27-17-4-2-6-30(21(17)31)13-3-1-5-29(10-13)20-14-9-26-28-19(14)24-11-25-20/h7-9,11,13,17,27H,1-6,10,32H2,(H,24,25,26,28)/t13-,17?/m1/s1. The number of fused-ring (bicyclic) bond motifs is 1. The fraction of sp³-hybridized carbons (Fsp3) is 0.429. The Kier molecular flexibility index (Phi) is 6.10. The summed E-state index contributed by atoms with van der Waals surface area (Å²) in [4.78, 5) is 26.4. The molecule has 2 saturated heterocycles. The lowest BCUT2D eigenvalue weighted by molar-refractivity contribution is -0.137. The molecule has 0 saturated carbocycles. The minimum atomic E-state index is -0.291. The maximum absolute atomic E-state index is 13.4. The van der Waals surface area contributed by atoms with E-state index in [1.807, 2.05) is 17.0 Å². The van der Waals surface area contributed by atoms with Crippen molar-refractivity contribution in [1.29, 1.82) is 0 Å². The van der Waals surface area contributed by atoms with Crippen LogP contribution in [0.3, 0.4) is 0 Å². The molecule has 0 spiro atoms. The van der Waals surface area contributed by atoms with Gasteiger partial charge in [0, 0.05) is 36.7 Å². The molecular formula is C21H24Cl2N7OP. The first kappa shape index (κ1) is 21.7. The SMILES string of the molecule is O=C1C(Nc2cc(Cl)c(P)c(Cl)c2)CCCN1[C@@H]1CCCN(c2ncnc3[nH]ncc23)C1. The van der Waals surface area contributed by atoms with Gasteiger partial charge in [-0.15, -0.1) is 9.24 Å². The molecule has 1 aromatic carbocycles. The van der Waals surface area contributed by atoms with Crippen LogP contribution in [-0.4, -0.2) is 62.7 Å². The lowest BCUT2D eigenvalue weighted by Gasteiger charge is -2.43. The number of hydrogen-bond acceptors (Lipinski definition) is 6. The second-order valence-electron chi connectivity index (χ2n) is 8.30. The van der Waals surface area contributed by atoms with Gasteiger partial charge in [0.1, 0.15) is 18.2 Å². The minimum absolute atomic E-state index is 0.126. The number of benzene rings is 1. The molecular weight excluding hydrogens is 468 g/mol. The van der Waals surface area contributed by atoms with Crippen molar-refractivity contribution >= 4 is 66.2 Å². The van der Waals surface area contributed by atoms with Gasteiger partial charge in [-0.05, 0) is 37.8 Å². The van der Waals surface area contributed by atoms with E-state index in [1.165, 1.54) is 0 Å². The van der Waals surface area contributed by atoms with E-state index >= 15 is 0 Å². The van der Waals surface area contributed by atoms with Crippen LogP contribution in [0.2, 0.25) is 10.0 Å². The van der Waals surface area contributed by atoms with Crippen LogP contribution in [0, 0.1) is 0 Å². The number of anilines is 2. The summed E-state index contributed by atoms with van der Waals surface area (Å²) in [6, 6.07) is 3.48. The third kappa shape index (κ3) is 4.12. The Bertz CT molecular complexity index is 1130. The molecule has 2 aromatic heterocycles. The van der Waals surface area contributed by atoms with E-state index in [-0.39, 0.29) is 18.0 Å². The number of aromatic nitrogens is 4. The van der Waals surface area contributed by atoms with Gasteiger partial charge in [-0.2, -0.15) is 5.10 Å². The van der Waals surface area contributed by atoms with Gasteiger partial charge in [-0.25, -0.2) is 9.97 Å². The zero-order valence-electron chi connectivity index (χ0n) is 17.4. The van der Waals surface area contributed by atoms with E-state index in [0.717, 1.165) is 73.2 Å². The second-order valence-corrected chi connectivity index (χ2v) is 9.69. The highest BCUT2D eigenvalue weighted by molar-refractivity contribution is 7.28. The van der Waals surface area contributed by atoms with Gasteiger partial charge in [-0.1, -0.05) is 23.2 Å². The molecule has 2 aliphatic rings. The average molecular weight is 492 g/mol. The zero-order chi connectivity index (χ0) is 22.2. The van der Waals surface area contributed by atoms with Gasteiger partial charge in [-0.3, -0.25) is 9.89 Å². The number of H-pyrrole nitrogens is 1. The van der Waals surface area contributed by atoms with E-state index in [1.54, 1.807) is 12.5 Å². The summed E-state index contributed by atoms with van der Waals surface area (Å²) in [6.07, 6.45) is 7.02. The summed E-state index contributed by atoms with van der Waals surface area (Å²) in [7, 11) is 2.54. The number of likely N-dealkylation sites (tertiary alicyclic amines) is 1. The fourth-order valence-electron chi connectivity index (χ4n) is 4.67. The van der Waals surface area contributed by atoms with Gasteiger partial charge >= 0.3 is 0 Å². The first-order chi connectivity index (χ1) is 15.5. The predicted octanol–water partition coefficient (Wildman–Crippen LogP) is 3.23. The maximum atomic E-state index is 13.4. The Morgan fingerprint density at radius 2 is 1.91 bits per heavy atom. The molecule has 3 aromatic rings. The first-order valence-electron chi connectivity index (χ1n) is 10.7. The fourth-order valence-corrected chi connectivity index (χ4v) is 5.32. The molecule has 2 unspecified atom stereocenters. The van der Waals surface area contributed by atoms with Crippen LogP contribution >= 0.6 is 32.4 Å². The minimum Gasteiger partial charge on any atom is -0.374 e. The molecule has 168 valence electrons. The van der Waals surface area contributed by atoms with Crippen molar-refractivity contribution in [3.8, 4) is 0 Å². The molecule has 11 heteroatoms. The van der Waals surface area contributed by atoms with Crippen LogP contribution in [-0.2, 0) is 4.79 Å². The monoisotopic (exact) mass is 491 g/mol. The molecule has 2 fully saturated rings. The summed E-state index contributed by atoms with van der Waals surface area (Å²) in [6.45, 7) is 2.41. The number of hydrogen-bond donors (Lipinski definition) is 2. The number of nitrogens with one attached hydrogen (secondary N) is 2. The summed E-state index contributed by atoms with van der Waals surface area (Å²) in [5.41, 5.74) is 1.49. The van der Waals surface area contributed by atoms with E-state index in [0.29, 0.717) is 10.0 Å². The largest absolute Gasteiger partial charge is 0.374 e. The smallest absolute Gasteiger partial charge is 0.245 e. The van der Waals surface area contributed by atoms with Gasteiger partial charge in [0.25, 0.3) is 0 Å². The maximum Gasteiger partial charge on any atom is 0.245 e. The van der Waals surface area contributed by atoms with E-state index in [2.05, 4.69) is 39.6 Å². The van der Waals surface area contributed by atoms with Crippen LogP contribution in [0.4, 0.5) is 11.5 Å². The third-order valence-corrected chi connectivity index (χ3v) is 7.87. The lowest BCUT2D eigenvalue weighted by Crippen LogP contribution is -2.56. The van der Waals surface area contributed by atoms with Crippen LogP contribution in [0.15, 0.2) is 24.7 Å². The highest BCUT2D eigenvalue weighted by Gasteiger charge is 2.36. The summed E-state index contributed by atoms with van der Waals surface area (Å²) in [5, 5.41) is 13.1. The summed E-state index contributed by atoms with van der Waals surface area (Å²) < 4.78 is 0. The Morgan fingerprint density at radius 3 is 2.72 bits per heavy atom. The third-order valence-electron chi connectivity index (χ3n) is 6.26. The molecule has 3 atom stereocenters. The van der Waals surface area contributed by atoms with Crippen LogP contribution in [0.25, 0.3) is 11.0 Å². The van der Waals surface area contributed by atoms with E-state index < -0.39 is 0 Å². The molecule has 32 heavy (non-hydrogen) atoms. The first-order valence-corrected chi connectivity index (χ1v) is 12.0. The van der Waals surface area contributed by atoms with E-state index in [4.69, 9.17) is 23.2 Å². The van der Waals surface area contributed by atoms with Crippen LogP contribution in [0.1, 0.15) is 25.7 Å². The molecule has 2 aliphatic heterocycles. The van der Waals surface area contributed by atoms with Gasteiger partial charge < -0.3 is 15.1 Å². The summed E-state index contributed by atoms with van der Waals surface area (Å²) >= 11 is 12.5. The predicted molar refractivity (Wildman–Crippen MR) is 131 cm³/mol. The average Bonchev–Trinajstić information content (AvgIpc) is 3.28. The molecule has 5 rings (SSSR count). The highest BCUT2D eigenvalue weighted by atomic mass is 35.5. The molecule has 8 nitrogen and oxygen atoms in total. The van der Waals surface area contributed by atoms with Crippen molar-refractivity contribution in [1.82, 2.24) is 25.1 Å². The number of carbonyl (C=O) groups excluding carboxylic acids is 1. The number of rotatable bonds is 4. The van der Waals surface area contributed by atoms with E-state index in [9.17, 15) is 4.79 Å². The number of nitrogens with zero attached hydrogens (tertiary/aromatic N) is 5. The molecule has 2 N–H and O–H groups in total. The van der Waals surface area contributed by atoms with Crippen molar-refractivity contribution in [2.45, 2.75) is 37.8 Å². The molecule has 4 heterocycles. The van der Waals surface area contributed by atoms with Crippen molar-refractivity contribution < 1.29 is 4.79 Å². The van der Waals surface area contributed by atoms with Crippen molar-refractivity contribution in [2.24, 2.45) is 0 Å². The topological polar surface area (TPSA) is 90.0 Å². The zero-order valence-corrected chi connectivity index (χ0v) is 20.1. The summed E-state index contributed by atoms with van der Waals surface area (Å²) in [5.74, 6) is 0.996. The number of halogens is 2. The molecule has 0 radical (unpaired) electrons. The van der Waals surface area contributed by atoms with Gasteiger partial charge in [0.05, 0.1) is 21.6 Å². The van der Waals surface area contributed by atoms with Crippen molar-refractivity contribution in [3.05, 3.63) is 34.7 Å². The molecule has 1 amide bonds. The Labute approximate surface area is 198 Å². The highest BCUT2D eigenvalue weighted by Crippen LogP contribution is 2.29. The molecule has 0 bridgehead atoms. The number of carbonyl (C=O) groups is 1. The molecule has 0 aliphatic carbocycles. The van der Waals surface area contributed by atoms with Crippen LogP contribution in [0.5, 0.6) is 0 Å². The number of amides is 1. The van der Waals surface area contributed by atoms with Crippen LogP contribution < -0.4 is 15.5 Å². The van der Waals surface area contributed by atoms with Gasteiger partial charge in [0.2, 0.25) is 5.91 Å². The Balaban J connectivity index is 1.32. The van der Waals surface area contributed by atoms with Gasteiger partial charge in [0.15, 0.2) is 5.65 Å². The Morgan fingerprint density at radius 1 is 1.12 bits per heavy atom. The van der Waals surface area contributed by atoms with Crippen molar-refractivity contribution in [2.75, 3.05) is 29.9 Å². The number of piperidine rings is 2. The van der Waals surface area contributed by atoms with Crippen molar-refractivity contribution in [3.63, 3.8) is 0 Å². The lowest BCUT2D eigenvalue weighted by atomic mass is 9.97. The number of aromatic amines is 1. The second kappa shape index (κ2) is 9.00. The normalized spacial score (nSPS) is 21.9. The quantitative estimate of drug-likeness (QED) is 0.544. The Hall–Kier alpha value is -2.15.